The van der Waals surface area contributed by atoms with Crippen LogP contribution in [0, 0.1) is 0 Å². The first-order valence-electron chi connectivity index (χ1n) is 9.91. The first kappa shape index (κ1) is 23.8. The molecule has 0 unspecified atom stereocenters. The van der Waals surface area contributed by atoms with Crippen molar-refractivity contribution >= 4 is 39.1 Å². The number of carbonyl (C=O) groups excluding carboxylic acids is 2. The van der Waals surface area contributed by atoms with Crippen LogP contribution in [0.15, 0.2) is 41.3 Å². The fraction of sp³-hybridized carbons (Fsp3) is 0.333. The van der Waals surface area contributed by atoms with Crippen molar-refractivity contribution in [1.29, 1.82) is 0 Å². The average molecular weight is 482 g/mol. The smallest absolute Gasteiger partial charge is 0.241 e. The molecule has 0 saturated heterocycles. The molecule has 0 fully saturated rings. The third kappa shape index (κ3) is 6.12. The van der Waals surface area contributed by atoms with Gasteiger partial charge in [-0.05, 0) is 55.3 Å². The van der Waals surface area contributed by atoms with E-state index in [1.165, 1.54) is 38.1 Å². The van der Waals surface area contributed by atoms with Gasteiger partial charge in [0.1, 0.15) is 13.2 Å². The molecule has 3 N–H and O–H groups in total. The lowest BCUT2D eigenvalue weighted by Crippen LogP contribution is -2.45. The van der Waals surface area contributed by atoms with E-state index in [4.69, 9.17) is 21.1 Å². The van der Waals surface area contributed by atoms with E-state index in [9.17, 15) is 18.0 Å². The third-order valence-electron chi connectivity index (χ3n) is 4.58. The minimum atomic E-state index is -3.91. The lowest BCUT2D eigenvalue weighted by atomic mass is 10.1. The topological polar surface area (TPSA) is 123 Å². The van der Waals surface area contributed by atoms with Gasteiger partial charge in [-0.1, -0.05) is 11.6 Å². The molecule has 2 aromatic carbocycles. The van der Waals surface area contributed by atoms with E-state index in [1.54, 1.807) is 6.07 Å². The summed E-state index contributed by atoms with van der Waals surface area (Å²) in [6.07, 6.45) is 0.478. The molecule has 0 bridgehead atoms. The van der Waals surface area contributed by atoms with Crippen molar-refractivity contribution in [3.8, 4) is 11.5 Å². The van der Waals surface area contributed by atoms with Crippen molar-refractivity contribution in [2.45, 2.75) is 31.2 Å². The summed E-state index contributed by atoms with van der Waals surface area (Å²) in [7, 11) is -3.91. The highest BCUT2D eigenvalue weighted by Gasteiger charge is 2.22. The van der Waals surface area contributed by atoms with Crippen LogP contribution in [0.1, 0.15) is 19.4 Å². The van der Waals surface area contributed by atoms with Crippen LogP contribution in [-0.2, 0) is 26.0 Å². The second-order valence-electron chi connectivity index (χ2n) is 7.19. The maximum atomic E-state index is 12.5. The largest absolute Gasteiger partial charge is 0.486 e. The van der Waals surface area contributed by atoms with Crippen molar-refractivity contribution in [3.05, 3.63) is 47.0 Å². The molecular weight excluding hydrogens is 458 g/mol. The number of anilines is 1. The van der Waals surface area contributed by atoms with Crippen molar-refractivity contribution in [3.63, 3.8) is 0 Å². The van der Waals surface area contributed by atoms with E-state index in [-0.39, 0.29) is 17.3 Å². The van der Waals surface area contributed by atoms with Gasteiger partial charge in [-0.3, -0.25) is 9.59 Å². The van der Waals surface area contributed by atoms with Crippen LogP contribution in [0.2, 0.25) is 5.02 Å². The van der Waals surface area contributed by atoms with Crippen LogP contribution in [0.25, 0.3) is 0 Å². The summed E-state index contributed by atoms with van der Waals surface area (Å²) in [5.74, 6) is 0.351. The molecule has 1 atom stereocenters. The molecule has 0 saturated carbocycles. The van der Waals surface area contributed by atoms with Gasteiger partial charge in [0.2, 0.25) is 21.8 Å². The predicted octanol–water partition coefficient (Wildman–Crippen LogP) is 2.10. The van der Waals surface area contributed by atoms with E-state index < -0.39 is 22.0 Å². The summed E-state index contributed by atoms with van der Waals surface area (Å²) in [5, 5.41) is 5.70. The van der Waals surface area contributed by atoms with Crippen molar-refractivity contribution in [2.24, 2.45) is 0 Å². The molecule has 0 aromatic heterocycles. The fourth-order valence-electron chi connectivity index (χ4n) is 3.07. The molecule has 1 heterocycles. The van der Waals surface area contributed by atoms with Gasteiger partial charge in [0.25, 0.3) is 0 Å². The highest BCUT2D eigenvalue weighted by atomic mass is 35.5. The Morgan fingerprint density at radius 2 is 1.81 bits per heavy atom. The van der Waals surface area contributed by atoms with E-state index in [0.717, 1.165) is 5.56 Å². The monoisotopic (exact) mass is 481 g/mol. The zero-order valence-electron chi connectivity index (χ0n) is 17.6. The zero-order valence-corrected chi connectivity index (χ0v) is 19.2. The summed E-state index contributed by atoms with van der Waals surface area (Å²) in [5.41, 5.74) is 1.33. The van der Waals surface area contributed by atoms with Gasteiger partial charge in [-0.15, -0.1) is 0 Å². The molecule has 2 aromatic rings. The molecule has 2 amide bonds. The number of benzene rings is 2. The molecule has 11 heteroatoms. The number of amides is 2. The number of fused-ring (bicyclic) bond motifs is 1. The normalized spacial score (nSPS) is 13.8. The van der Waals surface area contributed by atoms with Gasteiger partial charge in [-0.2, -0.15) is 4.72 Å². The van der Waals surface area contributed by atoms with Crippen molar-refractivity contribution in [1.82, 2.24) is 10.0 Å². The second kappa shape index (κ2) is 10.2. The number of rotatable bonds is 8. The molecule has 1 aliphatic rings. The van der Waals surface area contributed by atoms with Gasteiger partial charge in [-0.25, -0.2) is 8.42 Å². The summed E-state index contributed by atoms with van der Waals surface area (Å²) < 4.78 is 38.4. The molecule has 9 nitrogen and oxygen atoms in total. The van der Waals surface area contributed by atoms with Crippen LogP contribution in [0.4, 0.5) is 5.69 Å². The average Bonchev–Trinajstić information content (AvgIpc) is 2.73. The molecule has 1 aliphatic heterocycles. The van der Waals surface area contributed by atoms with Crippen LogP contribution < -0.4 is 24.8 Å². The maximum absolute atomic E-state index is 12.5. The summed E-state index contributed by atoms with van der Waals surface area (Å²) in [6.45, 7) is 3.98. The van der Waals surface area contributed by atoms with E-state index in [2.05, 4.69) is 15.4 Å². The lowest BCUT2D eigenvalue weighted by molar-refractivity contribution is -0.122. The molecule has 32 heavy (non-hydrogen) atoms. The van der Waals surface area contributed by atoms with Crippen LogP contribution in [-0.4, -0.2) is 46.0 Å². The van der Waals surface area contributed by atoms with Gasteiger partial charge in [0.15, 0.2) is 11.5 Å². The van der Waals surface area contributed by atoms with E-state index in [1.807, 2.05) is 6.07 Å². The Kier molecular flexibility index (Phi) is 7.60. The Morgan fingerprint density at radius 3 is 2.50 bits per heavy atom. The number of hydrogen-bond donors (Lipinski definition) is 3. The van der Waals surface area contributed by atoms with Crippen molar-refractivity contribution < 1.29 is 27.5 Å². The quantitative estimate of drug-likeness (QED) is 0.530. The molecule has 0 radical (unpaired) electrons. The number of carbonyl (C=O) groups is 2. The Hall–Kier alpha value is -2.82. The standard InChI is InChI=1S/C21H24ClN3O6S/c1-13(25-32(28,29)17-5-3-16(4-6-17)24-14(2)26)21(27)23-8-7-15-11-18(22)20-19(12-15)30-9-10-31-20/h3-6,11-13,25H,7-10H2,1-2H3,(H,23,27)(H,24,26)/t13-/m0/s1. The van der Waals surface area contributed by atoms with Gasteiger partial charge >= 0.3 is 0 Å². The van der Waals surface area contributed by atoms with Crippen LogP contribution in [0.3, 0.4) is 0 Å². The van der Waals surface area contributed by atoms with E-state index >= 15 is 0 Å². The Labute approximate surface area is 191 Å². The van der Waals surface area contributed by atoms with Crippen LogP contribution in [0.5, 0.6) is 11.5 Å². The van der Waals surface area contributed by atoms with Gasteiger partial charge < -0.3 is 20.1 Å². The molecule has 3 rings (SSSR count). The number of halogens is 1. The Balaban J connectivity index is 1.53. The highest BCUT2D eigenvalue weighted by Crippen LogP contribution is 2.38. The third-order valence-corrected chi connectivity index (χ3v) is 6.42. The van der Waals surface area contributed by atoms with Crippen molar-refractivity contribution in [2.75, 3.05) is 25.1 Å². The van der Waals surface area contributed by atoms with Gasteiger partial charge in [0, 0.05) is 19.2 Å². The van der Waals surface area contributed by atoms with E-state index in [0.29, 0.717) is 41.8 Å². The summed E-state index contributed by atoms with van der Waals surface area (Å²) >= 11 is 6.21. The predicted molar refractivity (Wildman–Crippen MR) is 120 cm³/mol. The molecule has 0 aliphatic carbocycles. The Bertz CT molecular complexity index is 1110. The minimum Gasteiger partial charge on any atom is -0.486 e. The highest BCUT2D eigenvalue weighted by molar-refractivity contribution is 7.89. The molecule has 172 valence electrons. The zero-order chi connectivity index (χ0) is 23.3. The SMILES string of the molecule is CC(=O)Nc1ccc(S(=O)(=O)N[C@@H](C)C(=O)NCCc2cc(Cl)c3c(c2)OCCO3)cc1. The minimum absolute atomic E-state index is 0.0165. The first-order valence-corrected chi connectivity index (χ1v) is 11.8. The molecule has 0 spiro atoms. The summed E-state index contributed by atoms with van der Waals surface area (Å²) in [6, 6.07) is 8.21. The second-order valence-corrected chi connectivity index (χ2v) is 9.31. The number of sulfonamides is 1. The van der Waals surface area contributed by atoms with Crippen LogP contribution >= 0.6 is 11.6 Å². The summed E-state index contributed by atoms with van der Waals surface area (Å²) in [4.78, 5) is 23.4. The lowest BCUT2D eigenvalue weighted by Gasteiger charge is -2.20. The fourth-order valence-corrected chi connectivity index (χ4v) is 4.56. The number of nitrogens with one attached hydrogen (secondary N) is 3. The van der Waals surface area contributed by atoms with Gasteiger partial charge in [0.05, 0.1) is 16.0 Å². The maximum Gasteiger partial charge on any atom is 0.241 e. The molecular formula is C21H24ClN3O6S. The number of ether oxygens (including phenoxy) is 2. The Morgan fingerprint density at radius 1 is 1.12 bits per heavy atom. The first-order chi connectivity index (χ1) is 15.2. The number of hydrogen-bond acceptors (Lipinski definition) is 6.